The number of ketones is 1. The minimum Gasteiger partial charge on any atom is -0.457 e. The van der Waals surface area contributed by atoms with Gasteiger partial charge in [-0.25, -0.2) is 9.69 Å². The number of nitrogens with zero attached hydrogens (tertiary/aromatic N) is 1. The lowest BCUT2D eigenvalue weighted by Gasteiger charge is -2.45. The van der Waals surface area contributed by atoms with Crippen molar-refractivity contribution in [2.45, 2.75) is 109 Å². The van der Waals surface area contributed by atoms with E-state index < -0.39 is 66.1 Å². The van der Waals surface area contributed by atoms with Crippen LogP contribution in [0.15, 0.2) is 126 Å². The number of Topliss-reactive ketones (excluding diaryl/α,β-unsaturated/α-hetero) is 1. The summed E-state index contributed by atoms with van der Waals surface area (Å²) in [6.45, 7) is 9.83. The molecule has 0 radical (unpaired) electrons. The Balaban J connectivity index is 1.15. The zero-order valence-electron chi connectivity index (χ0n) is 38.1. The lowest BCUT2D eigenvalue weighted by molar-refractivity contribution is -0.319. The predicted molar refractivity (Wildman–Crippen MR) is 244 cm³/mol. The Morgan fingerprint density at radius 1 is 0.785 bits per heavy atom. The van der Waals surface area contributed by atoms with Gasteiger partial charge in [-0.2, -0.15) is 0 Å². The van der Waals surface area contributed by atoms with Crippen molar-refractivity contribution < 1.29 is 52.3 Å². The van der Waals surface area contributed by atoms with Crippen LogP contribution in [0.25, 0.3) is 11.1 Å². The lowest BCUT2D eigenvalue weighted by Crippen LogP contribution is -2.61. The number of ether oxygens (including phenoxy) is 6. The normalized spacial score (nSPS) is 22.2. The number of aryl methyl sites for hydroxylation is 2. The average molecular weight is 888 g/mol. The van der Waals surface area contributed by atoms with Gasteiger partial charge in [0.1, 0.15) is 41.7 Å². The summed E-state index contributed by atoms with van der Waals surface area (Å²) in [4.78, 5) is 43.9. The van der Waals surface area contributed by atoms with Gasteiger partial charge in [0.25, 0.3) is 0 Å². The molecule has 12 heteroatoms. The largest absolute Gasteiger partial charge is 0.457 e. The number of amides is 2. The fraction of sp³-hybridized carbons (Fsp3) is 0.415. The number of rotatable bonds is 20. The number of aliphatic hydroxyl groups is 1. The number of benzene rings is 4. The minimum absolute atomic E-state index is 0.0163. The zero-order valence-corrected chi connectivity index (χ0v) is 38.1. The number of carbonyl (C=O) groups excluding carboxylic acids is 3. The van der Waals surface area contributed by atoms with Crippen LogP contribution in [-0.2, 0) is 59.3 Å². The smallest absolute Gasteiger partial charge is 0.417 e. The topological polar surface area (TPSA) is 143 Å². The first kappa shape index (κ1) is 47.5. The van der Waals surface area contributed by atoms with Crippen molar-refractivity contribution in [3.05, 3.63) is 155 Å². The molecule has 7 rings (SSSR count). The van der Waals surface area contributed by atoms with E-state index in [4.69, 9.17) is 32.8 Å². The summed E-state index contributed by atoms with van der Waals surface area (Å²) in [7, 11) is 1.52. The first-order valence-corrected chi connectivity index (χ1v) is 22.4. The van der Waals surface area contributed by atoms with Crippen molar-refractivity contribution in [2.75, 3.05) is 20.3 Å². The summed E-state index contributed by atoms with van der Waals surface area (Å²) in [6, 6.07) is 37.9. The van der Waals surface area contributed by atoms with Gasteiger partial charge in [-0.15, -0.1) is 0 Å². The molecule has 5 aromatic rings. The Labute approximate surface area is 381 Å². The molecule has 2 fully saturated rings. The van der Waals surface area contributed by atoms with Crippen molar-refractivity contribution >= 4 is 17.8 Å². The molecule has 2 aliphatic rings. The Kier molecular flexibility index (Phi) is 15.8. The fourth-order valence-electron chi connectivity index (χ4n) is 9.13. The van der Waals surface area contributed by atoms with E-state index in [1.807, 2.05) is 136 Å². The van der Waals surface area contributed by atoms with Crippen LogP contribution in [0.1, 0.15) is 72.7 Å². The summed E-state index contributed by atoms with van der Waals surface area (Å²) in [6.07, 6.45) is -3.68. The Morgan fingerprint density at radius 2 is 1.40 bits per heavy atom. The molecule has 1 N–H and O–H groups in total. The first-order valence-electron chi connectivity index (χ1n) is 22.4. The van der Waals surface area contributed by atoms with Gasteiger partial charge in [-0.3, -0.25) is 9.59 Å². The van der Waals surface area contributed by atoms with Crippen molar-refractivity contribution in [2.24, 2.45) is 11.8 Å². The molecule has 12 nitrogen and oxygen atoms in total. The second kappa shape index (κ2) is 21.7. The number of furan rings is 1. The molecular weight excluding hydrogens is 827 g/mol. The van der Waals surface area contributed by atoms with Crippen LogP contribution < -0.4 is 0 Å². The van der Waals surface area contributed by atoms with Gasteiger partial charge in [-0.05, 0) is 67.9 Å². The molecule has 4 aromatic carbocycles. The van der Waals surface area contributed by atoms with E-state index in [0.29, 0.717) is 24.2 Å². The summed E-state index contributed by atoms with van der Waals surface area (Å²) >= 11 is 0. The summed E-state index contributed by atoms with van der Waals surface area (Å²) in [5.41, 5.74) is 4.31. The molecule has 0 bridgehead atoms. The minimum atomic E-state index is -1.27. The monoisotopic (exact) mass is 887 g/mol. The van der Waals surface area contributed by atoms with Gasteiger partial charge in [0, 0.05) is 25.7 Å². The third-order valence-corrected chi connectivity index (χ3v) is 12.1. The summed E-state index contributed by atoms with van der Waals surface area (Å²) < 4.78 is 44.0. The van der Waals surface area contributed by atoms with Crippen LogP contribution in [-0.4, -0.2) is 90.5 Å². The highest BCUT2D eigenvalue weighted by Gasteiger charge is 2.54. The van der Waals surface area contributed by atoms with Gasteiger partial charge < -0.3 is 37.9 Å². The number of cyclic esters (lactones) is 1. The van der Waals surface area contributed by atoms with Gasteiger partial charge in [0.2, 0.25) is 11.7 Å². The van der Waals surface area contributed by atoms with Gasteiger partial charge in [0.05, 0.1) is 25.9 Å². The number of hydrogen-bond donors (Lipinski definition) is 1. The van der Waals surface area contributed by atoms with Gasteiger partial charge in [-0.1, -0.05) is 135 Å². The second-order valence-corrected chi connectivity index (χ2v) is 17.7. The van der Waals surface area contributed by atoms with Crippen molar-refractivity contribution in [1.29, 1.82) is 0 Å². The highest BCUT2D eigenvalue weighted by atomic mass is 16.7. The first-order chi connectivity index (χ1) is 31.4. The summed E-state index contributed by atoms with van der Waals surface area (Å²) in [5.74, 6) is -2.00. The van der Waals surface area contributed by atoms with Crippen LogP contribution in [0.5, 0.6) is 0 Å². The third-order valence-electron chi connectivity index (χ3n) is 12.1. The SMILES string of the molecule is CO[C@H]1O[C@H](CO)[C@@H](OCc2ccccc2)[C@H](OCc2ccccc2)[C@@H]1OCCCc1oc(C(=O)[C@@H](Cc2ccccc2)C(=O)N2C(=O)OC(C)(C)[C@H]2C(C)C)cc1-c1cccc(C)c1. The second-order valence-electron chi connectivity index (χ2n) is 17.7. The maximum absolute atomic E-state index is 14.8. The lowest BCUT2D eigenvalue weighted by atomic mass is 9.86. The molecule has 65 heavy (non-hydrogen) atoms. The highest BCUT2D eigenvalue weighted by Crippen LogP contribution is 2.37. The number of imide groups is 1. The van der Waals surface area contributed by atoms with E-state index in [-0.39, 0.29) is 44.5 Å². The molecule has 0 saturated carbocycles. The molecule has 2 aliphatic heterocycles. The van der Waals surface area contributed by atoms with Crippen LogP contribution in [0, 0.1) is 18.8 Å². The standard InChI is InChI=1S/C53H61NO11/c1-34(2)49-53(4,5)65-52(58)54(49)50(57)41(29-36-19-10-7-11-20-36)45(56)43-30-40(39-25-16-18-35(3)28-39)42(63-43)26-17-27-60-48-47(62-33-38-23-14-9-15-24-38)46(44(31-55)64-51(48)59-6)61-32-37-21-12-8-13-22-37/h7-16,18-25,28,30,34,41,44,46-49,51,55H,17,26-27,29,31-33H2,1-6H3/t41-,44-,46-,47+,48+,49-,51+/m1/s1. The van der Waals surface area contributed by atoms with E-state index in [9.17, 15) is 19.5 Å². The molecule has 0 spiro atoms. The van der Waals surface area contributed by atoms with E-state index >= 15 is 0 Å². The third kappa shape index (κ3) is 11.3. The van der Waals surface area contributed by atoms with Crippen molar-refractivity contribution in [3.8, 4) is 11.1 Å². The van der Waals surface area contributed by atoms with Crippen molar-refractivity contribution in [3.63, 3.8) is 0 Å². The molecule has 0 aliphatic carbocycles. The van der Waals surface area contributed by atoms with Crippen LogP contribution in [0.4, 0.5) is 4.79 Å². The fourth-order valence-corrected chi connectivity index (χ4v) is 9.13. The number of aliphatic hydroxyl groups excluding tert-OH is 1. The average Bonchev–Trinajstić information content (AvgIpc) is 3.85. The van der Waals surface area contributed by atoms with E-state index in [0.717, 1.165) is 32.7 Å². The van der Waals surface area contributed by atoms with Crippen LogP contribution >= 0.6 is 0 Å². The van der Waals surface area contributed by atoms with Gasteiger partial charge >= 0.3 is 6.09 Å². The number of methoxy groups -OCH3 is 1. The summed E-state index contributed by atoms with van der Waals surface area (Å²) in [5, 5.41) is 10.5. The molecule has 1 aromatic heterocycles. The molecule has 2 saturated heterocycles. The number of hydrogen-bond acceptors (Lipinski definition) is 11. The highest BCUT2D eigenvalue weighted by molar-refractivity contribution is 6.12. The molecule has 2 amide bonds. The van der Waals surface area contributed by atoms with E-state index in [1.165, 1.54) is 7.11 Å². The molecular formula is C53H61NO11. The van der Waals surface area contributed by atoms with Gasteiger partial charge in [0.15, 0.2) is 12.1 Å². The Hall–Kier alpha value is -5.47. The van der Waals surface area contributed by atoms with Crippen LogP contribution in [0.3, 0.4) is 0 Å². The van der Waals surface area contributed by atoms with Crippen molar-refractivity contribution in [1.82, 2.24) is 4.90 Å². The predicted octanol–water partition coefficient (Wildman–Crippen LogP) is 8.93. The molecule has 7 atom stereocenters. The quantitative estimate of drug-likeness (QED) is 0.0455. The van der Waals surface area contributed by atoms with E-state index in [2.05, 4.69) is 0 Å². The molecule has 344 valence electrons. The van der Waals surface area contributed by atoms with E-state index in [1.54, 1.807) is 19.9 Å². The maximum Gasteiger partial charge on any atom is 0.417 e. The zero-order chi connectivity index (χ0) is 46.1. The Morgan fingerprint density at radius 3 is 1.98 bits per heavy atom. The van der Waals surface area contributed by atoms with Crippen LogP contribution in [0.2, 0.25) is 0 Å². The molecule has 0 unspecified atom stereocenters. The molecule has 3 heterocycles. The Bertz CT molecular complexity index is 2330. The maximum atomic E-state index is 14.8. The number of carbonyl (C=O) groups is 3.